The van der Waals surface area contributed by atoms with Gasteiger partial charge in [0.15, 0.2) is 0 Å². The number of aromatic amines is 1. The van der Waals surface area contributed by atoms with Crippen molar-refractivity contribution in [2.45, 2.75) is 32.6 Å². The van der Waals surface area contributed by atoms with Gasteiger partial charge in [-0.1, -0.05) is 18.2 Å². The summed E-state index contributed by atoms with van der Waals surface area (Å²) in [5.41, 5.74) is 2.52. The van der Waals surface area contributed by atoms with E-state index < -0.39 is 0 Å². The molecule has 7 nitrogen and oxygen atoms in total. The molecule has 1 unspecified atom stereocenters. The van der Waals surface area contributed by atoms with Crippen LogP contribution in [0.4, 0.5) is 0 Å². The predicted molar refractivity (Wildman–Crippen MR) is 95.2 cm³/mol. The molecule has 1 aromatic heterocycles. The van der Waals surface area contributed by atoms with Gasteiger partial charge in [-0.05, 0) is 44.2 Å². The second-order valence-corrected chi connectivity index (χ2v) is 4.65. The Morgan fingerprint density at radius 3 is 2.38 bits per heavy atom. The Morgan fingerprint density at radius 1 is 1.12 bits per heavy atom. The highest BCUT2D eigenvalue weighted by atomic mass is 16.5. The van der Waals surface area contributed by atoms with E-state index in [1.807, 2.05) is 26.1 Å². The first-order chi connectivity index (χ1) is 9.85. The number of nitrogens with one attached hydrogen (secondary N) is 1. The molecule has 0 amide bonds. The van der Waals surface area contributed by atoms with Crippen LogP contribution in [0.1, 0.15) is 37.4 Å². The molecule has 3 rings (SSSR count). The molecule has 0 saturated heterocycles. The molecule has 1 aliphatic rings. The molecule has 1 aliphatic heterocycles. The van der Waals surface area contributed by atoms with Crippen LogP contribution in [-0.2, 0) is 6.42 Å². The number of fused-ring (bicyclic) bond motifs is 1. The molecule has 2 aromatic rings. The quantitative estimate of drug-likeness (QED) is 0.775. The first-order valence-corrected chi connectivity index (χ1v) is 6.87. The number of hydrogen-bond acceptors (Lipinski definition) is 2. The van der Waals surface area contributed by atoms with Crippen LogP contribution in [0.3, 0.4) is 0 Å². The molecule has 0 spiro atoms. The second-order valence-electron chi connectivity index (χ2n) is 4.65. The monoisotopic (exact) mass is 340 g/mol. The van der Waals surface area contributed by atoms with Crippen molar-refractivity contribution in [1.82, 2.24) is 9.97 Å². The maximum atomic E-state index is 5.65. The molecular weight excluding hydrogens is 312 g/mol. The molecule has 0 bridgehead atoms. The first-order valence-electron chi connectivity index (χ1n) is 6.87. The van der Waals surface area contributed by atoms with Crippen LogP contribution < -0.4 is 4.74 Å². The number of nitrogens with zero attached hydrogens (tertiary/aromatic N) is 1. The van der Waals surface area contributed by atoms with Gasteiger partial charge in [-0.3, -0.25) is 0 Å². The standard InChI is InChI=1S/C13H14N2O.C4H6.4H2O/c1-2-4-13-12(3-1)10(5-6-16-13)7-11-8-14-9-15-11;1-3-4-2;;;;/h1-4,8-10H,5-7H2,(H,14,15);1-2H3;4*1H2. The Kier molecular flexibility index (Phi) is 15.7. The lowest BCUT2D eigenvalue weighted by Gasteiger charge is -2.25. The molecule has 9 N–H and O–H groups in total. The summed E-state index contributed by atoms with van der Waals surface area (Å²) in [6.45, 7) is 4.45. The lowest BCUT2D eigenvalue weighted by Crippen LogP contribution is -2.16. The van der Waals surface area contributed by atoms with E-state index in [9.17, 15) is 0 Å². The van der Waals surface area contributed by atoms with E-state index in [2.05, 4.69) is 40.0 Å². The van der Waals surface area contributed by atoms with E-state index in [0.29, 0.717) is 5.92 Å². The van der Waals surface area contributed by atoms with Crippen molar-refractivity contribution < 1.29 is 26.6 Å². The third-order valence-electron chi connectivity index (χ3n) is 3.35. The Balaban J connectivity index is -0.000000504. The van der Waals surface area contributed by atoms with Crippen molar-refractivity contribution in [3.8, 4) is 17.6 Å². The van der Waals surface area contributed by atoms with Crippen molar-refractivity contribution in [3.05, 3.63) is 48.0 Å². The molecule has 24 heavy (non-hydrogen) atoms. The van der Waals surface area contributed by atoms with E-state index >= 15 is 0 Å². The average molecular weight is 340 g/mol. The number of para-hydroxylation sites is 1. The van der Waals surface area contributed by atoms with Gasteiger partial charge in [0.25, 0.3) is 0 Å². The van der Waals surface area contributed by atoms with Crippen molar-refractivity contribution >= 4 is 0 Å². The average Bonchev–Trinajstić information content (AvgIpc) is 3.01. The van der Waals surface area contributed by atoms with Gasteiger partial charge >= 0.3 is 0 Å². The summed E-state index contributed by atoms with van der Waals surface area (Å²) in [5, 5.41) is 0. The molecule has 7 heteroatoms. The van der Waals surface area contributed by atoms with Crippen LogP contribution in [-0.4, -0.2) is 38.5 Å². The van der Waals surface area contributed by atoms with Gasteiger partial charge in [0.05, 0.1) is 12.9 Å². The van der Waals surface area contributed by atoms with E-state index in [4.69, 9.17) is 4.74 Å². The molecule has 1 aromatic carbocycles. The molecule has 136 valence electrons. The highest BCUT2D eigenvalue weighted by molar-refractivity contribution is 5.38. The van der Waals surface area contributed by atoms with Crippen LogP contribution in [0.25, 0.3) is 0 Å². The van der Waals surface area contributed by atoms with Crippen molar-refractivity contribution in [2.75, 3.05) is 6.61 Å². The summed E-state index contributed by atoms with van der Waals surface area (Å²) in [6, 6.07) is 8.31. The minimum absolute atomic E-state index is 0. The molecule has 0 aliphatic carbocycles. The van der Waals surface area contributed by atoms with Crippen LogP contribution in [0.5, 0.6) is 5.75 Å². The highest BCUT2D eigenvalue weighted by Crippen LogP contribution is 2.34. The summed E-state index contributed by atoms with van der Waals surface area (Å²) >= 11 is 0. The Bertz CT molecular complexity index is 585. The van der Waals surface area contributed by atoms with Crippen molar-refractivity contribution in [2.24, 2.45) is 0 Å². The molecule has 1 atom stereocenters. The number of aromatic nitrogens is 2. The van der Waals surface area contributed by atoms with E-state index in [0.717, 1.165) is 25.2 Å². The zero-order valence-electron chi connectivity index (χ0n) is 14.0. The van der Waals surface area contributed by atoms with Crippen LogP contribution in [0.15, 0.2) is 36.8 Å². The van der Waals surface area contributed by atoms with Crippen molar-refractivity contribution in [3.63, 3.8) is 0 Å². The Labute approximate surface area is 142 Å². The lowest BCUT2D eigenvalue weighted by molar-refractivity contribution is 0.266. The first kappa shape index (κ1) is 26.5. The molecule has 0 saturated carbocycles. The van der Waals surface area contributed by atoms with E-state index in [-0.39, 0.29) is 21.9 Å². The summed E-state index contributed by atoms with van der Waals surface area (Å²) in [6.07, 6.45) is 5.73. The van der Waals surface area contributed by atoms with Gasteiger partial charge in [0.2, 0.25) is 0 Å². The van der Waals surface area contributed by atoms with Gasteiger partial charge in [0, 0.05) is 11.9 Å². The molecular formula is C17H28N2O5. The third kappa shape index (κ3) is 7.26. The van der Waals surface area contributed by atoms with E-state index in [1.54, 1.807) is 6.33 Å². The van der Waals surface area contributed by atoms with Gasteiger partial charge in [0.1, 0.15) is 5.75 Å². The predicted octanol–water partition coefficient (Wildman–Crippen LogP) is 0.249. The second kappa shape index (κ2) is 14.2. The Morgan fingerprint density at radius 2 is 1.79 bits per heavy atom. The molecule has 0 fully saturated rings. The van der Waals surface area contributed by atoms with E-state index in [1.165, 1.54) is 11.3 Å². The summed E-state index contributed by atoms with van der Waals surface area (Å²) in [7, 11) is 0. The van der Waals surface area contributed by atoms with Crippen molar-refractivity contribution in [1.29, 1.82) is 0 Å². The van der Waals surface area contributed by atoms with Crippen LogP contribution >= 0.6 is 0 Å². The summed E-state index contributed by atoms with van der Waals surface area (Å²) in [4.78, 5) is 7.22. The zero-order chi connectivity index (χ0) is 14.2. The fraction of sp³-hybridized carbons (Fsp3) is 0.353. The SMILES string of the molecule is CC#CC.O.O.O.O.c1ccc2c(c1)OCCC2Cc1cnc[nH]1. The maximum absolute atomic E-state index is 5.65. The van der Waals surface area contributed by atoms with Gasteiger partial charge in [-0.25, -0.2) is 4.98 Å². The Hall–Kier alpha value is -2.37. The minimum Gasteiger partial charge on any atom is -0.493 e. The normalized spacial score (nSPS) is 13.2. The number of benzene rings is 1. The van der Waals surface area contributed by atoms with Gasteiger partial charge in [-0.2, -0.15) is 0 Å². The largest absolute Gasteiger partial charge is 0.493 e. The fourth-order valence-corrected chi connectivity index (χ4v) is 2.29. The van der Waals surface area contributed by atoms with Gasteiger partial charge < -0.3 is 31.6 Å². The number of imidazole rings is 1. The number of H-pyrrole nitrogens is 1. The minimum atomic E-state index is 0. The number of rotatable bonds is 2. The highest BCUT2D eigenvalue weighted by Gasteiger charge is 2.21. The fourth-order valence-electron chi connectivity index (χ4n) is 2.29. The van der Waals surface area contributed by atoms with Crippen LogP contribution in [0, 0.1) is 11.8 Å². The number of hydrogen-bond donors (Lipinski definition) is 1. The summed E-state index contributed by atoms with van der Waals surface area (Å²) < 4.78 is 5.65. The molecule has 0 radical (unpaired) electrons. The molecule has 2 heterocycles. The van der Waals surface area contributed by atoms with Crippen LogP contribution in [0.2, 0.25) is 0 Å². The maximum Gasteiger partial charge on any atom is 0.122 e. The lowest BCUT2D eigenvalue weighted by atomic mass is 9.89. The topological polar surface area (TPSA) is 164 Å². The van der Waals surface area contributed by atoms with Gasteiger partial charge in [-0.15, -0.1) is 11.8 Å². The third-order valence-corrected chi connectivity index (χ3v) is 3.35. The smallest absolute Gasteiger partial charge is 0.122 e. The zero-order valence-corrected chi connectivity index (χ0v) is 14.0. The number of ether oxygens (including phenoxy) is 1. The summed E-state index contributed by atoms with van der Waals surface area (Å²) in [5.74, 6) is 6.95.